The molecule has 1 aliphatic rings. The molecule has 1 aromatic rings. The Kier molecular flexibility index (Phi) is 5.01. The summed E-state index contributed by atoms with van der Waals surface area (Å²) in [7, 11) is -1.86. The summed E-state index contributed by atoms with van der Waals surface area (Å²) in [6.45, 7) is 3.11. The third kappa shape index (κ3) is 3.71. The standard InChI is InChI=1S/C14H22N2O3S/c1-3-12-5-4-6-14(11-12)19-13-7-9-16(10-8-13)20(17,18)15-2/h4-6,11,13,15H,3,7-10H2,1-2H3. The molecule has 0 aliphatic carbocycles. The molecule has 0 amide bonds. The van der Waals surface area contributed by atoms with Gasteiger partial charge in [-0.05, 0) is 37.0 Å². The molecule has 1 aliphatic heterocycles. The lowest BCUT2D eigenvalue weighted by atomic mass is 10.1. The SMILES string of the molecule is CCc1cccc(OC2CCN(S(=O)(=O)NC)CC2)c1. The van der Waals surface area contributed by atoms with Gasteiger partial charge in [0.1, 0.15) is 11.9 Å². The molecule has 2 rings (SSSR count). The normalized spacial score (nSPS) is 18.1. The van der Waals surface area contributed by atoms with Crippen molar-refractivity contribution in [3.63, 3.8) is 0 Å². The van der Waals surface area contributed by atoms with Crippen LogP contribution in [0.2, 0.25) is 0 Å². The third-order valence-corrected chi connectivity index (χ3v) is 5.17. The Balaban J connectivity index is 1.91. The van der Waals surface area contributed by atoms with Crippen molar-refractivity contribution in [3.8, 4) is 5.75 Å². The van der Waals surface area contributed by atoms with Crippen LogP contribution in [-0.4, -0.2) is 39.0 Å². The number of nitrogens with one attached hydrogen (secondary N) is 1. The van der Waals surface area contributed by atoms with Gasteiger partial charge < -0.3 is 4.74 Å². The molecule has 5 nitrogen and oxygen atoms in total. The Morgan fingerprint density at radius 1 is 1.35 bits per heavy atom. The summed E-state index contributed by atoms with van der Waals surface area (Å²) in [5.74, 6) is 0.874. The van der Waals surface area contributed by atoms with E-state index in [2.05, 4.69) is 23.8 Å². The van der Waals surface area contributed by atoms with Gasteiger partial charge in [0.25, 0.3) is 10.2 Å². The molecule has 1 aromatic carbocycles. The minimum Gasteiger partial charge on any atom is -0.490 e. The van der Waals surface area contributed by atoms with E-state index in [9.17, 15) is 8.42 Å². The second-order valence-electron chi connectivity index (χ2n) is 4.93. The molecular formula is C14H22N2O3S. The van der Waals surface area contributed by atoms with E-state index in [1.54, 1.807) is 0 Å². The van der Waals surface area contributed by atoms with Crippen molar-refractivity contribution in [1.82, 2.24) is 9.03 Å². The zero-order valence-electron chi connectivity index (χ0n) is 12.0. The average molecular weight is 298 g/mol. The summed E-state index contributed by atoms with van der Waals surface area (Å²) in [5, 5.41) is 0. The van der Waals surface area contributed by atoms with Crippen molar-refractivity contribution in [3.05, 3.63) is 29.8 Å². The molecule has 6 heteroatoms. The molecule has 0 aromatic heterocycles. The molecule has 1 saturated heterocycles. The van der Waals surface area contributed by atoms with Gasteiger partial charge in [0.2, 0.25) is 0 Å². The van der Waals surface area contributed by atoms with Crippen LogP contribution < -0.4 is 9.46 Å². The first kappa shape index (κ1) is 15.3. The van der Waals surface area contributed by atoms with Crippen LogP contribution in [0.15, 0.2) is 24.3 Å². The zero-order valence-corrected chi connectivity index (χ0v) is 12.8. The Morgan fingerprint density at radius 3 is 2.65 bits per heavy atom. The summed E-state index contributed by atoms with van der Waals surface area (Å²) >= 11 is 0. The maximum Gasteiger partial charge on any atom is 0.279 e. The average Bonchev–Trinajstić information content (AvgIpc) is 2.48. The maximum atomic E-state index is 11.7. The molecule has 0 radical (unpaired) electrons. The number of ether oxygens (including phenoxy) is 1. The van der Waals surface area contributed by atoms with E-state index in [1.165, 1.54) is 16.9 Å². The van der Waals surface area contributed by atoms with Crippen molar-refractivity contribution in [2.75, 3.05) is 20.1 Å². The fourth-order valence-corrected chi connectivity index (χ4v) is 3.30. The summed E-state index contributed by atoms with van der Waals surface area (Å²) < 4.78 is 33.1. The minimum absolute atomic E-state index is 0.0883. The van der Waals surface area contributed by atoms with E-state index in [0.717, 1.165) is 25.0 Å². The predicted octanol–water partition coefficient (Wildman–Crippen LogP) is 1.56. The molecule has 0 atom stereocenters. The van der Waals surface area contributed by atoms with Crippen molar-refractivity contribution in [1.29, 1.82) is 0 Å². The number of rotatable bonds is 5. The molecule has 0 unspecified atom stereocenters. The van der Waals surface area contributed by atoms with E-state index in [0.29, 0.717) is 13.1 Å². The van der Waals surface area contributed by atoms with Gasteiger partial charge in [-0.15, -0.1) is 0 Å². The van der Waals surface area contributed by atoms with Crippen LogP contribution in [0.25, 0.3) is 0 Å². The first-order valence-corrected chi connectivity index (χ1v) is 8.43. The molecule has 1 N–H and O–H groups in total. The number of benzene rings is 1. The van der Waals surface area contributed by atoms with Crippen LogP contribution in [0.5, 0.6) is 5.75 Å². The van der Waals surface area contributed by atoms with Crippen molar-refractivity contribution in [2.24, 2.45) is 0 Å². The number of hydrogen-bond acceptors (Lipinski definition) is 3. The number of piperidine rings is 1. The molecule has 1 heterocycles. The third-order valence-electron chi connectivity index (χ3n) is 3.61. The molecule has 0 spiro atoms. The van der Waals surface area contributed by atoms with Gasteiger partial charge in [-0.1, -0.05) is 19.1 Å². The summed E-state index contributed by atoms with van der Waals surface area (Å²) in [6, 6.07) is 8.08. The fraction of sp³-hybridized carbons (Fsp3) is 0.571. The van der Waals surface area contributed by atoms with E-state index < -0.39 is 10.2 Å². The lowest BCUT2D eigenvalue weighted by Gasteiger charge is -2.31. The monoisotopic (exact) mass is 298 g/mol. The van der Waals surface area contributed by atoms with E-state index in [4.69, 9.17) is 4.74 Å². The van der Waals surface area contributed by atoms with Gasteiger partial charge in [0.05, 0.1) is 0 Å². The quantitative estimate of drug-likeness (QED) is 0.897. The topological polar surface area (TPSA) is 58.6 Å². The second-order valence-corrected chi connectivity index (χ2v) is 6.80. The first-order chi connectivity index (χ1) is 9.55. The van der Waals surface area contributed by atoms with Crippen LogP contribution in [0, 0.1) is 0 Å². The van der Waals surface area contributed by atoms with Gasteiger partial charge in [0, 0.05) is 20.1 Å². The summed E-state index contributed by atoms with van der Waals surface area (Å²) in [4.78, 5) is 0. The zero-order chi connectivity index (χ0) is 14.6. The maximum absolute atomic E-state index is 11.7. The number of hydrogen-bond donors (Lipinski definition) is 1. The minimum atomic E-state index is -3.30. The smallest absolute Gasteiger partial charge is 0.279 e. The van der Waals surface area contributed by atoms with Crippen molar-refractivity contribution in [2.45, 2.75) is 32.3 Å². The number of nitrogens with zero attached hydrogens (tertiary/aromatic N) is 1. The van der Waals surface area contributed by atoms with E-state index >= 15 is 0 Å². The van der Waals surface area contributed by atoms with E-state index in [1.807, 2.05) is 12.1 Å². The molecule has 112 valence electrons. The van der Waals surface area contributed by atoms with E-state index in [-0.39, 0.29) is 6.10 Å². The van der Waals surface area contributed by atoms with Gasteiger partial charge in [0.15, 0.2) is 0 Å². The van der Waals surface area contributed by atoms with Gasteiger partial charge in [-0.2, -0.15) is 12.7 Å². The molecule has 1 fully saturated rings. The summed E-state index contributed by atoms with van der Waals surface area (Å²) in [6.07, 6.45) is 2.51. The molecule has 0 saturated carbocycles. The summed E-state index contributed by atoms with van der Waals surface area (Å²) in [5.41, 5.74) is 1.25. The first-order valence-electron chi connectivity index (χ1n) is 6.99. The van der Waals surface area contributed by atoms with Gasteiger partial charge in [-0.25, -0.2) is 4.72 Å². The van der Waals surface area contributed by atoms with Crippen LogP contribution in [0.1, 0.15) is 25.3 Å². The molecule has 20 heavy (non-hydrogen) atoms. The van der Waals surface area contributed by atoms with Crippen molar-refractivity contribution >= 4 is 10.2 Å². The fourth-order valence-electron chi connectivity index (χ4n) is 2.35. The van der Waals surface area contributed by atoms with Crippen molar-refractivity contribution < 1.29 is 13.2 Å². The number of aryl methyl sites for hydroxylation is 1. The highest BCUT2D eigenvalue weighted by Crippen LogP contribution is 2.21. The predicted molar refractivity (Wildman–Crippen MR) is 79.0 cm³/mol. The Hall–Kier alpha value is -1.11. The van der Waals surface area contributed by atoms with Crippen LogP contribution in [-0.2, 0) is 16.6 Å². The second kappa shape index (κ2) is 6.56. The largest absolute Gasteiger partial charge is 0.490 e. The Labute approximate surface area is 121 Å². The highest BCUT2D eigenvalue weighted by molar-refractivity contribution is 7.87. The van der Waals surface area contributed by atoms with Gasteiger partial charge in [-0.3, -0.25) is 0 Å². The lowest BCUT2D eigenvalue weighted by molar-refractivity contribution is 0.134. The lowest BCUT2D eigenvalue weighted by Crippen LogP contribution is -2.45. The van der Waals surface area contributed by atoms with Crippen LogP contribution in [0.4, 0.5) is 0 Å². The highest BCUT2D eigenvalue weighted by Gasteiger charge is 2.27. The highest BCUT2D eigenvalue weighted by atomic mass is 32.2. The Morgan fingerprint density at radius 2 is 2.05 bits per heavy atom. The van der Waals surface area contributed by atoms with Crippen LogP contribution >= 0.6 is 0 Å². The van der Waals surface area contributed by atoms with Crippen LogP contribution in [0.3, 0.4) is 0 Å². The molecular weight excluding hydrogens is 276 g/mol. The van der Waals surface area contributed by atoms with Gasteiger partial charge >= 0.3 is 0 Å². The molecule has 0 bridgehead atoms. The Bertz CT molecular complexity index is 537.